The summed E-state index contributed by atoms with van der Waals surface area (Å²) in [6.07, 6.45) is 2.67. The normalized spacial score (nSPS) is 10.8. The molecule has 12 heteroatoms. The molecule has 11 nitrogen and oxygen atoms in total. The molecule has 2 N–H and O–H groups in total. The van der Waals surface area contributed by atoms with Crippen molar-refractivity contribution in [3.63, 3.8) is 0 Å². The molecule has 30 heavy (non-hydrogen) atoms. The molecule has 0 bridgehead atoms. The summed E-state index contributed by atoms with van der Waals surface area (Å²) in [6, 6.07) is 10.6. The zero-order chi connectivity index (χ0) is 21.7. The first-order valence-corrected chi connectivity index (χ1v) is 9.82. The highest BCUT2D eigenvalue weighted by Crippen LogP contribution is 2.22. The Morgan fingerprint density at radius 3 is 2.47 bits per heavy atom. The van der Waals surface area contributed by atoms with Crippen LogP contribution in [0.2, 0.25) is 0 Å². The smallest absolute Gasteiger partial charge is 0.270 e. The zero-order valence-corrected chi connectivity index (χ0v) is 16.3. The number of methoxy groups -OCH3 is 1. The molecule has 3 aromatic rings. The summed E-state index contributed by atoms with van der Waals surface area (Å²) in [5, 5.41) is 13.4. The maximum absolute atomic E-state index is 12.5. The number of nitro groups is 1. The average Bonchev–Trinajstić information content (AvgIpc) is 2.74. The minimum absolute atomic E-state index is 0.0157. The van der Waals surface area contributed by atoms with Gasteiger partial charge in [0.2, 0.25) is 5.82 Å². The topological polar surface area (TPSA) is 153 Å². The summed E-state index contributed by atoms with van der Waals surface area (Å²) in [7, 11) is -2.64. The van der Waals surface area contributed by atoms with Crippen LogP contribution in [0.5, 0.6) is 5.88 Å². The molecule has 0 aliphatic heterocycles. The second-order valence-electron chi connectivity index (χ2n) is 5.81. The van der Waals surface area contributed by atoms with E-state index in [2.05, 4.69) is 20.0 Å². The van der Waals surface area contributed by atoms with Crippen LogP contribution in [0.15, 0.2) is 65.8 Å². The fraction of sp³-hybridized carbons (Fsp3) is 0.0556. The number of nitro benzene ring substituents is 1. The van der Waals surface area contributed by atoms with Crippen molar-refractivity contribution >= 4 is 33.1 Å². The third kappa shape index (κ3) is 4.67. The van der Waals surface area contributed by atoms with Gasteiger partial charge in [-0.05, 0) is 30.3 Å². The van der Waals surface area contributed by atoms with E-state index in [9.17, 15) is 23.3 Å². The number of nitrogens with zero attached hydrogens (tertiary/aromatic N) is 3. The van der Waals surface area contributed by atoms with Gasteiger partial charge >= 0.3 is 0 Å². The number of carbonyl (C=O) groups excluding carboxylic acids is 1. The molecule has 0 unspecified atom stereocenters. The Bertz CT molecular complexity index is 1200. The van der Waals surface area contributed by atoms with E-state index in [1.165, 1.54) is 62.0 Å². The van der Waals surface area contributed by atoms with Gasteiger partial charge in [0.05, 0.1) is 16.9 Å². The molecule has 0 radical (unpaired) electrons. The molecule has 0 aliphatic carbocycles. The van der Waals surface area contributed by atoms with Gasteiger partial charge in [0.1, 0.15) is 0 Å². The van der Waals surface area contributed by atoms with Crippen molar-refractivity contribution in [2.75, 3.05) is 17.1 Å². The standard InChI is InChI=1S/C18H15N5O6S/c1-29-18-16(19-9-10-20-18)22-30(27,28)15-7-5-13(6-8-15)21-17(24)12-3-2-4-14(11-12)23(25)26/h2-11H,1H3,(H,19,22)(H,21,24). The first-order chi connectivity index (χ1) is 14.3. The molecule has 1 aromatic heterocycles. The van der Waals surface area contributed by atoms with Crippen LogP contribution in [0.4, 0.5) is 17.2 Å². The van der Waals surface area contributed by atoms with Crippen molar-refractivity contribution < 1.29 is 22.9 Å². The van der Waals surface area contributed by atoms with Crippen LogP contribution < -0.4 is 14.8 Å². The number of carbonyl (C=O) groups is 1. The fourth-order valence-electron chi connectivity index (χ4n) is 2.41. The van der Waals surface area contributed by atoms with Gasteiger partial charge in [0, 0.05) is 35.8 Å². The van der Waals surface area contributed by atoms with Crippen LogP contribution in [0, 0.1) is 10.1 Å². The van der Waals surface area contributed by atoms with E-state index in [4.69, 9.17) is 4.74 Å². The van der Waals surface area contributed by atoms with Crippen LogP contribution >= 0.6 is 0 Å². The number of amides is 1. The first-order valence-electron chi connectivity index (χ1n) is 8.34. The van der Waals surface area contributed by atoms with Gasteiger partial charge < -0.3 is 10.1 Å². The molecule has 3 rings (SSSR count). The average molecular weight is 429 g/mol. The molecule has 154 valence electrons. The Labute approximate surface area is 171 Å². The van der Waals surface area contributed by atoms with Gasteiger partial charge in [-0.2, -0.15) is 0 Å². The summed E-state index contributed by atoms with van der Waals surface area (Å²) in [5.41, 5.74) is 0.189. The van der Waals surface area contributed by atoms with E-state index in [1.54, 1.807) is 0 Å². The van der Waals surface area contributed by atoms with Crippen molar-refractivity contribution in [1.29, 1.82) is 0 Å². The lowest BCUT2D eigenvalue weighted by molar-refractivity contribution is -0.384. The molecule has 1 amide bonds. The number of ether oxygens (including phenoxy) is 1. The quantitative estimate of drug-likeness (QED) is 0.429. The van der Waals surface area contributed by atoms with Crippen LogP contribution in [0.1, 0.15) is 10.4 Å². The lowest BCUT2D eigenvalue weighted by Gasteiger charge is -2.10. The zero-order valence-electron chi connectivity index (χ0n) is 15.5. The summed E-state index contributed by atoms with van der Waals surface area (Å²) in [6.45, 7) is 0. The Kier molecular flexibility index (Phi) is 5.88. The molecule has 0 atom stereocenters. The fourth-order valence-corrected chi connectivity index (χ4v) is 3.42. The van der Waals surface area contributed by atoms with Crippen molar-refractivity contribution in [3.05, 3.63) is 76.6 Å². The summed E-state index contributed by atoms with van der Waals surface area (Å²) < 4.78 is 32.3. The highest BCUT2D eigenvalue weighted by molar-refractivity contribution is 7.92. The van der Waals surface area contributed by atoms with E-state index in [0.717, 1.165) is 6.07 Å². The van der Waals surface area contributed by atoms with Gasteiger partial charge in [-0.25, -0.2) is 18.4 Å². The number of anilines is 2. The highest BCUT2D eigenvalue weighted by atomic mass is 32.2. The molecule has 0 spiro atoms. The number of aromatic nitrogens is 2. The molecule has 0 aliphatic rings. The van der Waals surface area contributed by atoms with Crippen molar-refractivity contribution in [1.82, 2.24) is 9.97 Å². The Balaban J connectivity index is 1.75. The SMILES string of the molecule is COc1nccnc1NS(=O)(=O)c1ccc(NC(=O)c2cccc([N+](=O)[O-])c2)cc1. The van der Waals surface area contributed by atoms with Crippen molar-refractivity contribution in [2.24, 2.45) is 0 Å². The van der Waals surface area contributed by atoms with Gasteiger partial charge in [0.15, 0.2) is 0 Å². The van der Waals surface area contributed by atoms with Crippen LogP contribution in [0.3, 0.4) is 0 Å². The number of benzene rings is 2. The van der Waals surface area contributed by atoms with Crippen molar-refractivity contribution in [2.45, 2.75) is 4.90 Å². The Morgan fingerprint density at radius 2 is 1.80 bits per heavy atom. The van der Waals surface area contributed by atoms with E-state index in [-0.39, 0.29) is 27.8 Å². The number of hydrogen-bond donors (Lipinski definition) is 2. The predicted molar refractivity (Wildman–Crippen MR) is 107 cm³/mol. The maximum atomic E-state index is 12.5. The predicted octanol–water partition coefficient (Wildman–Crippen LogP) is 2.45. The van der Waals surface area contributed by atoms with Crippen molar-refractivity contribution in [3.8, 4) is 5.88 Å². The Hall–Kier alpha value is -4.06. The maximum Gasteiger partial charge on any atom is 0.270 e. The second kappa shape index (κ2) is 8.53. The minimum atomic E-state index is -3.98. The third-order valence-corrected chi connectivity index (χ3v) is 5.19. The number of non-ortho nitro benzene ring substituents is 1. The van der Waals surface area contributed by atoms with Gasteiger partial charge in [-0.3, -0.25) is 19.6 Å². The number of rotatable bonds is 7. The first kappa shape index (κ1) is 20.7. The molecule has 0 saturated heterocycles. The van der Waals surface area contributed by atoms with E-state index in [1.807, 2.05) is 0 Å². The van der Waals surface area contributed by atoms with E-state index >= 15 is 0 Å². The molecule has 0 saturated carbocycles. The monoisotopic (exact) mass is 429 g/mol. The van der Waals surface area contributed by atoms with Crippen LogP contribution in [-0.2, 0) is 10.0 Å². The highest BCUT2D eigenvalue weighted by Gasteiger charge is 2.18. The van der Waals surface area contributed by atoms with Gasteiger partial charge in [-0.15, -0.1) is 0 Å². The lowest BCUT2D eigenvalue weighted by Crippen LogP contribution is -2.15. The number of sulfonamides is 1. The molecule has 0 fully saturated rings. The van der Waals surface area contributed by atoms with Gasteiger partial charge in [-0.1, -0.05) is 6.07 Å². The molecular weight excluding hydrogens is 414 g/mol. The largest absolute Gasteiger partial charge is 0.478 e. The summed E-state index contributed by atoms with van der Waals surface area (Å²) in [4.78, 5) is 30.2. The summed E-state index contributed by atoms with van der Waals surface area (Å²) >= 11 is 0. The number of nitrogens with one attached hydrogen (secondary N) is 2. The number of hydrogen-bond acceptors (Lipinski definition) is 8. The molecular formula is C18H15N5O6S. The second-order valence-corrected chi connectivity index (χ2v) is 7.49. The van der Waals surface area contributed by atoms with E-state index in [0.29, 0.717) is 5.69 Å². The van der Waals surface area contributed by atoms with Gasteiger partial charge in [0.25, 0.3) is 27.5 Å². The lowest BCUT2D eigenvalue weighted by atomic mass is 10.2. The Morgan fingerprint density at radius 1 is 1.10 bits per heavy atom. The molecule has 2 aromatic carbocycles. The molecule has 1 heterocycles. The summed E-state index contributed by atoms with van der Waals surface area (Å²) in [5.74, 6) is -0.623. The van der Waals surface area contributed by atoms with Crippen LogP contribution in [-0.4, -0.2) is 36.3 Å². The minimum Gasteiger partial charge on any atom is -0.478 e. The van der Waals surface area contributed by atoms with Crippen LogP contribution in [0.25, 0.3) is 0 Å². The third-order valence-electron chi connectivity index (χ3n) is 3.83. The van der Waals surface area contributed by atoms with E-state index < -0.39 is 20.9 Å².